The quantitative estimate of drug-likeness (QED) is 0.884. The Hall–Kier alpha value is -1.49. The monoisotopic (exact) mass is 248 g/mol. The zero-order chi connectivity index (χ0) is 12.1. The summed E-state index contributed by atoms with van der Waals surface area (Å²) in [5, 5.41) is 4.35. The van der Waals surface area contributed by atoms with Crippen molar-refractivity contribution in [3.63, 3.8) is 0 Å². The van der Waals surface area contributed by atoms with E-state index in [4.69, 9.17) is 0 Å². The molecule has 0 bridgehead atoms. The third kappa shape index (κ3) is 3.49. The van der Waals surface area contributed by atoms with E-state index in [1.165, 1.54) is 4.88 Å². The lowest BCUT2D eigenvalue weighted by molar-refractivity contribution is 0.871. The highest BCUT2D eigenvalue weighted by molar-refractivity contribution is 7.11. The molecule has 0 saturated carbocycles. The van der Waals surface area contributed by atoms with Gasteiger partial charge in [0.25, 0.3) is 0 Å². The molecule has 0 aliphatic rings. The summed E-state index contributed by atoms with van der Waals surface area (Å²) in [6.45, 7) is 4.93. The van der Waals surface area contributed by atoms with Gasteiger partial charge in [-0.1, -0.05) is 13.3 Å². The zero-order valence-corrected chi connectivity index (χ0v) is 10.9. The first-order valence-electron chi connectivity index (χ1n) is 5.74. The summed E-state index contributed by atoms with van der Waals surface area (Å²) in [4.78, 5) is 14.0. The summed E-state index contributed by atoms with van der Waals surface area (Å²) in [5.74, 6) is 0.872. The van der Waals surface area contributed by atoms with Crippen molar-refractivity contribution in [2.75, 3.05) is 5.32 Å². The van der Waals surface area contributed by atoms with Gasteiger partial charge < -0.3 is 5.32 Å². The van der Waals surface area contributed by atoms with Crippen LogP contribution in [-0.4, -0.2) is 15.0 Å². The van der Waals surface area contributed by atoms with E-state index < -0.39 is 0 Å². The second kappa shape index (κ2) is 5.72. The molecule has 0 amide bonds. The molecule has 90 valence electrons. The third-order valence-corrected chi connectivity index (χ3v) is 3.23. The van der Waals surface area contributed by atoms with E-state index in [1.807, 2.05) is 12.3 Å². The Bertz CT molecular complexity index is 481. The number of anilines is 1. The smallest absolute Gasteiger partial charge is 0.129 e. The summed E-state index contributed by atoms with van der Waals surface area (Å²) in [5.41, 5.74) is 1.08. The van der Waals surface area contributed by atoms with Crippen molar-refractivity contribution >= 4 is 17.2 Å². The van der Waals surface area contributed by atoms with E-state index in [0.717, 1.165) is 35.9 Å². The number of aryl methyl sites for hydroxylation is 2. The van der Waals surface area contributed by atoms with E-state index >= 15 is 0 Å². The fraction of sp³-hybridized carbons (Fsp3) is 0.417. The SMILES string of the molecule is CCCc1cc(NCc2ncc(C)s2)ncn1. The van der Waals surface area contributed by atoms with Gasteiger partial charge in [-0.25, -0.2) is 15.0 Å². The number of nitrogens with zero attached hydrogens (tertiary/aromatic N) is 3. The minimum absolute atomic E-state index is 0.723. The molecule has 0 spiro atoms. The van der Waals surface area contributed by atoms with Crippen molar-refractivity contribution in [2.24, 2.45) is 0 Å². The van der Waals surface area contributed by atoms with Crippen molar-refractivity contribution in [3.05, 3.63) is 34.2 Å². The first-order valence-corrected chi connectivity index (χ1v) is 6.55. The first-order chi connectivity index (χ1) is 8.28. The van der Waals surface area contributed by atoms with E-state index in [0.29, 0.717) is 0 Å². The van der Waals surface area contributed by atoms with Crippen LogP contribution >= 0.6 is 11.3 Å². The molecule has 2 aromatic rings. The highest BCUT2D eigenvalue weighted by Crippen LogP contribution is 2.13. The van der Waals surface area contributed by atoms with E-state index in [2.05, 4.69) is 34.1 Å². The number of aromatic nitrogens is 3. The molecule has 0 atom stereocenters. The Morgan fingerprint density at radius 2 is 2.18 bits per heavy atom. The summed E-state index contributed by atoms with van der Waals surface area (Å²) in [6.07, 6.45) is 5.60. The van der Waals surface area contributed by atoms with Crippen LogP contribution in [0.1, 0.15) is 28.9 Å². The molecule has 2 heterocycles. The van der Waals surface area contributed by atoms with Gasteiger partial charge >= 0.3 is 0 Å². The van der Waals surface area contributed by atoms with Gasteiger partial charge in [0.15, 0.2) is 0 Å². The van der Waals surface area contributed by atoms with Crippen LogP contribution in [-0.2, 0) is 13.0 Å². The molecular weight excluding hydrogens is 232 g/mol. The number of hydrogen-bond donors (Lipinski definition) is 1. The Kier molecular flexibility index (Phi) is 4.03. The second-order valence-corrected chi connectivity index (χ2v) is 5.18. The summed E-state index contributed by atoms with van der Waals surface area (Å²) in [7, 11) is 0. The van der Waals surface area contributed by atoms with E-state index in [-0.39, 0.29) is 0 Å². The van der Waals surface area contributed by atoms with Crippen LogP contribution in [0.5, 0.6) is 0 Å². The van der Waals surface area contributed by atoms with E-state index in [9.17, 15) is 0 Å². The molecule has 0 aliphatic carbocycles. The van der Waals surface area contributed by atoms with Gasteiger partial charge in [0.05, 0.1) is 6.54 Å². The predicted octanol–water partition coefficient (Wildman–Crippen LogP) is 2.81. The maximum Gasteiger partial charge on any atom is 0.129 e. The fourth-order valence-corrected chi connectivity index (χ4v) is 2.26. The molecule has 0 aliphatic heterocycles. The molecule has 2 rings (SSSR count). The lowest BCUT2D eigenvalue weighted by Crippen LogP contribution is -2.02. The highest BCUT2D eigenvalue weighted by Gasteiger charge is 2.01. The molecule has 2 aromatic heterocycles. The number of hydrogen-bond acceptors (Lipinski definition) is 5. The second-order valence-electron chi connectivity index (χ2n) is 3.86. The number of thiazole rings is 1. The maximum absolute atomic E-state index is 4.30. The van der Waals surface area contributed by atoms with Crippen LogP contribution in [0.3, 0.4) is 0 Å². The fourth-order valence-electron chi connectivity index (χ4n) is 1.54. The normalized spacial score (nSPS) is 10.5. The van der Waals surface area contributed by atoms with Gasteiger partial charge in [0, 0.05) is 22.8 Å². The van der Waals surface area contributed by atoms with Gasteiger partial charge in [-0.05, 0) is 13.3 Å². The molecule has 17 heavy (non-hydrogen) atoms. The van der Waals surface area contributed by atoms with Crippen LogP contribution in [0.15, 0.2) is 18.6 Å². The van der Waals surface area contributed by atoms with Crippen molar-refractivity contribution in [2.45, 2.75) is 33.2 Å². The lowest BCUT2D eigenvalue weighted by Gasteiger charge is -2.04. The van der Waals surface area contributed by atoms with Crippen molar-refractivity contribution in [3.8, 4) is 0 Å². The largest absolute Gasteiger partial charge is 0.363 e. The minimum atomic E-state index is 0.723. The molecule has 0 unspecified atom stereocenters. The van der Waals surface area contributed by atoms with Crippen LogP contribution in [0.4, 0.5) is 5.82 Å². The maximum atomic E-state index is 4.30. The van der Waals surface area contributed by atoms with Crippen LogP contribution < -0.4 is 5.32 Å². The Balaban J connectivity index is 1.96. The average Bonchev–Trinajstić information content (AvgIpc) is 2.74. The molecular formula is C12H16N4S. The zero-order valence-electron chi connectivity index (χ0n) is 10.1. The molecule has 0 aromatic carbocycles. The summed E-state index contributed by atoms with van der Waals surface area (Å²) in [6, 6.07) is 2.00. The molecule has 0 saturated heterocycles. The Morgan fingerprint density at radius 3 is 2.88 bits per heavy atom. The number of rotatable bonds is 5. The molecule has 4 nitrogen and oxygen atoms in total. The molecule has 1 N–H and O–H groups in total. The standard InChI is InChI=1S/C12H16N4S/c1-3-4-10-5-11(16-8-15-10)13-7-12-14-6-9(2)17-12/h5-6,8H,3-4,7H2,1-2H3,(H,13,15,16). The van der Waals surface area contributed by atoms with Crippen molar-refractivity contribution in [1.82, 2.24) is 15.0 Å². The highest BCUT2D eigenvalue weighted by atomic mass is 32.1. The predicted molar refractivity (Wildman–Crippen MR) is 70.2 cm³/mol. The van der Waals surface area contributed by atoms with Crippen molar-refractivity contribution < 1.29 is 0 Å². The Labute approximate surface area is 105 Å². The summed E-state index contributed by atoms with van der Waals surface area (Å²) >= 11 is 1.70. The van der Waals surface area contributed by atoms with Gasteiger partial charge in [0.1, 0.15) is 17.2 Å². The van der Waals surface area contributed by atoms with Crippen LogP contribution in [0.25, 0.3) is 0 Å². The lowest BCUT2D eigenvalue weighted by atomic mass is 10.2. The molecule has 0 fully saturated rings. The van der Waals surface area contributed by atoms with Gasteiger partial charge in [0.2, 0.25) is 0 Å². The summed E-state index contributed by atoms with van der Waals surface area (Å²) < 4.78 is 0. The topological polar surface area (TPSA) is 50.7 Å². The van der Waals surface area contributed by atoms with Crippen molar-refractivity contribution in [1.29, 1.82) is 0 Å². The minimum Gasteiger partial charge on any atom is -0.363 e. The van der Waals surface area contributed by atoms with E-state index in [1.54, 1.807) is 17.7 Å². The van der Waals surface area contributed by atoms with Gasteiger partial charge in [-0.15, -0.1) is 11.3 Å². The first kappa shape index (κ1) is 12.0. The van der Waals surface area contributed by atoms with Gasteiger partial charge in [-0.3, -0.25) is 0 Å². The number of nitrogens with one attached hydrogen (secondary N) is 1. The molecule has 5 heteroatoms. The Morgan fingerprint density at radius 1 is 1.29 bits per heavy atom. The van der Waals surface area contributed by atoms with Gasteiger partial charge in [-0.2, -0.15) is 0 Å². The third-order valence-electron chi connectivity index (χ3n) is 2.32. The van der Waals surface area contributed by atoms with Crippen LogP contribution in [0.2, 0.25) is 0 Å². The average molecular weight is 248 g/mol. The molecule has 0 radical (unpaired) electrons. The van der Waals surface area contributed by atoms with Crippen LogP contribution in [0, 0.1) is 6.92 Å².